The number of nitrogens with one attached hydrogen (secondary N) is 1. The first-order valence-electron chi connectivity index (χ1n) is 13.0. The summed E-state index contributed by atoms with van der Waals surface area (Å²) in [6.45, 7) is 2.07. The number of piperidine rings is 1. The van der Waals surface area contributed by atoms with Crippen molar-refractivity contribution in [1.82, 2.24) is 9.78 Å². The van der Waals surface area contributed by atoms with Crippen LogP contribution in [-0.4, -0.2) is 47.1 Å². The Morgan fingerprint density at radius 3 is 2.38 bits per heavy atom. The normalized spacial score (nSPS) is 19.6. The van der Waals surface area contributed by atoms with Crippen molar-refractivity contribution in [2.24, 2.45) is 5.73 Å². The number of carbonyl (C=O) groups excluding carboxylic acids is 3. The van der Waals surface area contributed by atoms with Crippen LogP contribution in [0.4, 0.5) is 17.1 Å². The van der Waals surface area contributed by atoms with Gasteiger partial charge in [0.25, 0.3) is 11.8 Å². The molecule has 1 aromatic heterocycles. The van der Waals surface area contributed by atoms with E-state index in [9.17, 15) is 14.4 Å². The average molecular weight is 497 g/mol. The van der Waals surface area contributed by atoms with Gasteiger partial charge in [0.2, 0.25) is 5.91 Å². The molecule has 2 fully saturated rings. The third kappa shape index (κ3) is 3.37. The number of rotatable bonds is 4. The molecule has 1 saturated carbocycles. The van der Waals surface area contributed by atoms with E-state index in [-0.39, 0.29) is 22.9 Å². The van der Waals surface area contributed by atoms with E-state index < -0.39 is 5.91 Å². The Balaban J connectivity index is 1.31. The number of fused-ring (bicyclic) bond motifs is 3. The monoisotopic (exact) mass is 496 g/mol. The molecule has 7 rings (SSSR count). The fourth-order valence-corrected chi connectivity index (χ4v) is 6.14. The van der Waals surface area contributed by atoms with E-state index in [1.807, 2.05) is 47.4 Å². The molecule has 0 bridgehead atoms. The Kier molecular flexibility index (Phi) is 4.73. The van der Waals surface area contributed by atoms with Crippen LogP contribution < -0.4 is 20.9 Å². The van der Waals surface area contributed by atoms with Gasteiger partial charge in [-0.1, -0.05) is 0 Å². The van der Waals surface area contributed by atoms with Crippen molar-refractivity contribution < 1.29 is 14.4 Å². The molecular formula is C28H28N6O3. The van der Waals surface area contributed by atoms with Gasteiger partial charge in [-0.05, 0) is 80.1 Å². The molecule has 3 N–H and O–H groups in total. The summed E-state index contributed by atoms with van der Waals surface area (Å²) in [5.41, 5.74) is 11.4. The number of benzene rings is 2. The highest BCUT2D eigenvalue weighted by Gasteiger charge is 2.56. The van der Waals surface area contributed by atoms with Crippen molar-refractivity contribution in [2.75, 3.05) is 34.8 Å². The lowest BCUT2D eigenvalue weighted by atomic mass is 9.88. The second-order valence-electron chi connectivity index (χ2n) is 10.6. The van der Waals surface area contributed by atoms with Crippen molar-refractivity contribution in [3.8, 4) is 5.69 Å². The number of nitrogens with two attached hydrogens (primary N) is 1. The summed E-state index contributed by atoms with van der Waals surface area (Å²) in [4.78, 5) is 42.5. The molecular weight excluding hydrogens is 468 g/mol. The standard InChI is InChI=1S/C28H28N6O3/c29-26(36)24-23-25(34(31-24)20-8-9-21-17(15-20)10-13-30-21)27(37)33(16-28(23)11-12-28)19-6-4-18(5-7-19)32-14-2-1-3-22(32)35/h4-9,15,30H,1-3,10-14,16H2,(H2,29,36). The fraction of sp³-hybridized carbons (Fsp3) is 0.357. The summed E-state index contributed by atoms with van der Waals surface area (Å²) in [6.07, 6.45) is 5.12. The molecule has 0 radical (unpaired) electrons. The second-order valence-corrected chi connectivity index (χ2v) is 10.6. The second kappa shape index (κ2) is 7.93. The van der Waals surface area contributed by atoms with Gasteiger partial charge in [0.05, 0.1) is 5.69 Å². The van der Waals surface area contributed by atoms with Crippen LogP contribution in [0.15, 0.2) is 42.5 Å². The van der Waals surface area contributed by atoms with E-state index in [4.69, 9.17) is 5.73 Å². The van der Waals surface area contributed by atoms with Gasteiger partial charge in [-0.15, -0.1) is 0 Å². The number of hydrogen-bond acceptors (Lipinski definition) is 5. The maximum Gasteiger partial charge on any atom is 0.277 e. The molecule has 0 atom stereocenters. The van der Waals surface area contributed by atoms with Crippen molar-refractivity contribution in [3.05, 3.63) is 65.0 Å². The van der Waals surface area contributed by atoms with Gasteiger partial charge in [-0.25, -0.2) is 4.68 Å². The van der Waals surface area contributed by atoms with Gasteiger partial charge in [0.15, 0.2) is 5.69 Å². The van der Waals surface area contributed by atoms with Gasteiger partial charge >= 0.3 is 0 Å². The molecule has 188 valence electrons. The number of carbonyl (C=O) groups is 3. The number of amides is 3. The van der Waals surface area contributed by atoms with E-state index in [2.05, 4.69) is 10.4 Å². The topological polar surface area (TPSA) is 114 Å². The Labute approximate surface area is 214 Å². The molecule has 0 unspecified atom stereocenters. The zero-order valence-corrected chi connectivity index (χ0v) is 20.5. The van der Waals surface area contributed by atoms with E-state index in [0.29, 0.717) is 24.2 Å². The predicted molar refractivity (Wildman–Crippen MR) is 140 cm³/mol. The third-order valence-corrected chi connectivity index (χ3v) is 8.25. The minimum Gasteiger partial charge on any atom is -0.384 e. The molecule has 9 heteroatoms. The molecule has 3 amide bonds. The Morgan fingerprint density at radius 1 is 0.946 bits per heavy atom. The molecule has 3 aromatic rings. The maximum absolute atomic E-state index is 14.1. The van der Waals surface area contributed by atoms with Crippen LogP contribution >= 0.6 is 0 Å². The number of hydrogen-bond donors (Lipinski definition) is 2. The molecule has 37 heavy (non-hydrogen) atoms. The van der Waals surface area contributed by atoms with Crippen molar-refractivity contribution >= 4 is 34.8 Å². The van der Waals surface area contributed by atoms with Gasteiger partial charge in [0.1, 0.15) is 5.69 Å². The van der Waals surface area contributed by atoms with Gasteiger partial charge in [0, 0.05) is 54.1 Å². The first-order chi connectivity index (χ1) is 17.9. The highest BCUT2D eigenvalue weighted by Crippen LogP contribution is 2.54. The lowest BCUT2D eigenvalue weighted by molar-refractivity contribution is -0.119. The molecule has 1 spiro atoms. The summed E-state index contributed by atoms with van der Waals surface area (Å²) in [5, 5.41) is 7.97. The minimum atomic E-state index is -0.610. The van der Waals surface area contributed by atoms with Crippen molar-refractivity contribution in [2.45, 2.75) is 43.9 Å². The Hall–Kier alpha value is -4.14. The molecule has 3 aliphatic heterocycles. The highest BCUT2D eigenvalue weighted by molar-refractivity contribution is 6.11. The van der Waals surface area contributed by atoms with E-state index in [1.54, 1.807) is 9.58 Å². The summed E-state index contributed by atoms with van der Waals surface area (Å²) < 4.78 is 1.61. The number of primary amides is 1. The van der Waals surface area contributed by atoms with Crippen LogP contribution in [0.5, 0.6) is 0 Å². The Morgan fingerprint density at radius 2 is 1.68 bits per heavy atom. The highest BCUT2D eigenvalue weighted by atomic mass is 16.2. The lowest BCUT2D eigenvalue weighted by Gasteiger charge is -2.34. The average Bonchev–Trinajstić information content (AvgIpc) is 3.32. The van der Waals surface area contributed by atoms with Crippen molar-refractivity contribution in [1.29, 1.82) is 0 Å². The van der Waals surface area contributed by atoms with Crippen LogP contribution in [0, 0.1) is 0 Å². The molecule has 4 aliphatic rings. The van der Waals surface area contributed by atoms with Gasteiger partial charge in [-0.2, -0.15) is 5.10 Å². The van der Waals surface area contributed by atoms with Crippen LogP contribution in [0.2, 0.25) is 0 Å². The van der Waals surface area contributed by atoms with E-state index >= 15 is 0 Å². The number of aromatic nitrogens is 2. The van der Waals surface area contributed by atoms with Crippen LogP contribution in [-0.2, 0) is 16.6 Å². The SMILES string of the molecule is NC(=O)c1nn(-c2ccc3c(c2)CCN3)c2c1C1(CC1)CN(c1ccc(N3CCCCC3=O)cc1)C2=O. The molecule has 2 aromatic carbocycles. The summed E-state index contributed by atoms with van der Waals surface area (Å²) in [6, 6.07) is 13.6. The first-order valence-corrected chi connectivity index (χ1v) is 13.0. The summed E-state index contributed by atoms with van der Waals surface area (Å²) >= 11 is 0. The molecule has 9 nitrogen and oxygen atoms in total. The smallest absolute Gasteiger partial charge is 0.277 e. The van der Waals surface area contributed by atoms with Gasteiger partial charge in [-0.3, -0.25) is 14.4 Å². The minimum absolute atomic E-state index is 0.141. The largest absolute Gasteiger partial charge is 0.384 e. The third-order valence-electron chi connectivity index (χ3n) is 8.25. The Bertz CT molecular complexity index is 1470. The van der Waals surface area contributed by atoms with E-state index in [0.717, 1.165) is 73.5 Å². The van der Waals surface area contributed by atoms with Crippen molar-refractivity contribution in [3.63, 3.8) is 0 Å². The molecule has 1 saturated heterocycles. The van der Waals surface area contributed by atoms with E-state index in [1.165, 1.54) is 0 Å². The van der Waals surface area contributed by atoms with Gasteiger partial charge < -0.3 is 20.9 Å². The number of anilines is 3. The summed E-state index contributed by atoms with van der Waals surface area (Å²) in [7, 11) is 0. The predicted octanol–water partition coefficient (Wildman–Crippen LogP) is 3.15. The maximum atomic E-state index is 14.1. The molecule has 4 heterocycles. The molecule has 1 aliphatic carbocycles. The fourth-order valence-electron chi connectivity index (χ4n) is 6.14. The van der Waals surface area contributed by atoms with Crippen LogP contribution in [0.1, 0.15) is 64.2 Å². The lowest BCUT2D eigenvalue weighted by Crippen LogP contribution is -2.45. The number of nitrogens with zero attached hydrogens (tertiary/aromatic N) is 4. The quantitative estimate of drug-likeness (QED) is 0.576. The van der Waals surface area contributed by atoms with Crippen LogP contribution in [0.25, 0.3) is 5.69 Å². The zero-order chi connectivity index (χ0) is 25.3. The zero-order valence-electron chi connectivity index (χ0n) is 20.5. The first kappa shape index (κ1) is 22.1. The summed E-state index contributed by atoms with van der Waals surface area (Å²) in [5.74, 6) is -0.670. The van der Waals surface area contributed by atoms with Crippen LogP contribution in [0.3, 0.4) is 0 Å².